The van der Waals surface area contributed by atoms with Crippen molar-refractivity contribution in [2.24, 2.45) is 5.92 Å². The van der Waals surface area contributed by atoms with Gasteiger partial charge in [0.25, 0.3) is 5.91 Å². The van der Waals surface area contributed by atoms with Gasteiger partial charge in [-0.3, -0.25) is 4.79 Å². The van der Waals surface area contributed by atoms with Gasteiger partial charge in [-0.2, -0.15) is 0 Å². The molecular formula is C19H29NO3. The topological polar surface area (TPSA) is 47.6 Å². The van der Waals surface area contributed by atoms with Gasteiger partial charge in [0.2, 0.25) is 0 Å². The maximum absolute atomic E-state index is 12.7. The van der Waals surface area contributed by atoms with E-state index in [0.29, 0.717) is 19.1 Å². The van der Waals surface area contributed by atoms with Gasteiger partial charge in [0, 0.05) is 12.3 Å². The lowest BCUT2D eigenvalue weighted by Crippen LogP contribution is -2.47. The molecule has 1 aromatic rings. The molecular weight excluding hydrogens is 290 g/mol. The minimum Gasteiger partial charge on any atom is -0.493 e. The van der Waals surface area contributed by atoms with Crippen LogP contribution in [0.25, 0.3) is 0 Å². The van der Waals surface area contributed by atoms with Crippen LogP contribution in [0.2, 0.25) is 0 Å². The minimum absolute atomic E-state index is 0.0186. The van der Waals surface area contributed by atoms with E-state index in [2.05, 4.69) is 19.2 Å². The second-order valence-corrected chi connectivity index (χ2v) is 6.67. The fourth-order valence-electron chi connectivity index (χ4n) is 2.98. The number of ether oxygens (including phenoxy) is 2. The van der Waals surface area contributed by atoms with Crippen molar-refractivity contribution in [1.82, 2.24) is 0 Å². The molecule has 128 valence electrons. The molecule has 23 heavy (non-hydrogen) atoms. The molecule has 0 saturated heterocycles. The zero-order chi connectivity index (χ0) is 16.7. The third kappa shape index (κ3) is 4.96. The van der Waals surface area contributed by atoms with E-state index >= 15 is 0 Å². The van der Waals surface area contributed by atoms with E-state index in [1.54, 1.807) is 0 Å². The Morgan fingerprint density at radius 3 is 2.39 bits per heavy atom. The first kappa shape index (κ1) is 17.8. The van der Waals surface area contributed by atoms with Crippen LogP contribution in [-0.2, 0) is 9.53 Å². The van der Waals surface area contributed by atoms with Gasteiger partial charge in [0.1, 0.15) is 11.4 Å². The zero-order valence-electron chi connectivity index (χ0n) is 14.6. The van der Waals surface area contributed by atoms with Crippen LogP contribution < -0.4 is 10.1 Å². The molecule has 1 saturated carbocycles. The van der Waals surface area contributed by atoms with Gasteiger partial charge in [0.15, 0.2) is 0 Å². The average Bonchev–Trinajstić information content (AvgIpc) is 2.55. The van der Waals surface area contributed by atoms with Crippen molar-refractivity contribution in [2.45, 2.75) is 58.5 Å². The number of hydrogen-bond donors (Lipinski definition) is 1. The highest BCUT2D eigenvalue weighted by Crippen LogP contribution is 2.33. The van der Waals surface area contributed by atoms with Crippen molar-refractivity contribution >= 4 is 11.6 Å². The molecule has 0 aromatic heterocycles. The molecule has 0 unspecified atom stereocenters. The number of nitrogens with one attached hydrogen (secondary N) is 1. The van der Waals surface area contributed by atoms with E-state index in [0.717, 1.165) is 37.1 Å². The van der Waals surface area contributed by atoms with Gasteiger partial charge in [-0.25, -0.2) is 0 Å². The summed E-state index contributed by atoms with van der Waals surface area (Å²) in [5, 5.41) is 3.01. The van der Waals surface area contributed by atoms with Crippen molar-refractivity contribution in [3.8, 4) is 5.75 Å². The van der Waals surface area contributed by atoms with Crippen LogP contribution in [0, 0.1) is 5.92 Å². The summed E-state index contributed by atoms with van der Waals surface area (Å²) in [7, 11) is 0. The molecule has 1 amide bonds. The van der Waals surface area contributed by atoms with Crippen LogP contribution in [-0.4, -0.2) is 24.7 Å². The molecule has 0 heterocycles. The van der Waals surface area contributed by atoms with Crippen molar-refractivity contribution < 1.29 is 14.3 Å². The van der Waals surface area contributed by atoms with Crippen molar-refractivity contribution in [2.75, 3.05) is 18.5 Å². The Morgan fingerprint density at radius 1 is 1.17 bits per heavy atom. The Bertz CT molecular complexity index is 484. The summed E-state index contributed by atoms with van der Waals surface area (Å²) in [5.74, 6) is 1.30. The number of amides is 1. The molecule has 1 fully saturated rings. The number of carbonyl (C=O) groups is 1. The number of rotatable bonds is 7. The fourth-order valence-corrected chi connectivity index (χ4v) is 2.98. The van der Waals surface area contributed by atoms with E-state index in [1.807, 2.05) is 31.2 Å². The van der Waals surface area contributed by atoms with Crippen LogP contribution in [0.4, 0.5) is 5.69 Å². The van der Waals surface area contributed by atoms with Crippen LogP contribution in [0.3, 0.4) is 0 Å². The zero-order valence-corrected chi connectivity index (χ0v) is 14.6. The standard InChI is InChI=1S/C19H29NO3/c1-4-23-19(12-6-5-7-13-19)18(21)20-16-8-10-17(11-9-16)22-14-15(2)3/h8-11,15H,4-7,12-14H2,1-3H3,(H,20,21). The Morgan fingerprint density at radius 2 is 1.83 bits per heavy atom. The second-order valence-electron chi connectivity index (χ2n) is 6.67. The molecule has 0 radical (unpaired) electrons. The predicted octanol–water partition coefficient (Wildman–Crippen LogP) is 4.40. The molecule has 0 spiro atoms. The number of carbonyl (C=O) groups excluding carboxylic acids is 1. The first-order valence-electron chi connectivity index (χ1n) is 8.74. The quantitative estimate of drug-likeness (QED) is 0.810. The molecule has 4 nitrogen and oxygen atoms in total. The third-order valence-electron chi connectivity index (χ3n) is 4.19. The van der Waals surface area contributed by atoms with Crippen molar-refractivity contribution in [3.63, 3.8) is 0 Å². The highest BCUT2D eigenvalue weighted by molar-refractivity contribution is 5.97. The van der Waals surface area contributed by atoms with E-state index < -0.39 is 5.60 Å². The maximum atomic E-state index is 12.7. The molecule has 0 bridgehead atoms. The molecule has 4 heteroatoms. The Balaban J connectivity index is 1.98. The summed E-state index contributed by atoms with van der Waals surface area (Å²) in [4.78, 5) is 12.7. The van der Waals surface area contributed by atoms with Gasteiger partial charge < -0.3 is 14.8 Å². The lowest BCUT2D eigenvalue weighted by atomic mass is 9.83. The monoisotopic (exact) mass is 319 g/mol. The molecule has 1 N–H and O–H groups in total. The summed E-state index contributed by atoms with van der Waals surface area (Å²) >= 11 is 0. The third-order valence-corrected chi connectivity index (χ3v) is 4.19. The summed E-state index contributed by atoms with van der Waals surface area (Å²) in [6.45, 7) is 7.44. The normalized spacial score (nSPS) is 17.0. The first-order valence-corrected chi connectivity index (χ1v) is 8.74. The lowest BCUT2D eigenvalue weighted by molar-refractivity contribution is -0.145. The number of hydrogen-bond acceptors (Lipinski definition) is 3. The van der Waals surface area contributed by atoms with Crippen molar-refractivity contribution in [3.05, 3.63) is 24.3 Å². The molecule has 1 aliphatic carbocycles. The number of benzene rings is 1. The summed E-state index contributed by atoms with van der Waals surface area (Å²) in [6, 6.07) is 7.56. The average molecular weight is 319 g/mol. The fraction of sp³-hybridized carbons (Fsp3) is 0.632. The molecule has 1 aromatic carbocycles. The SMILES string of the molecule is CCOC1(C(=O)Nc2ccc(OCC(C)C)cc2)CCCCC1. The van der Waals surface area contributed by atoms with E-state index in [1.165, 1.54) is 6.42 Å². The van der Waals surface area contributed by atoms with E-state index in [-0.39, 0.29) is 5.91 Å². The van der Waals surface area contributed by atoms with E-state index in [9.17, 15) is 4.79 Å². The highest BCUT2D eigenvalue weighted by atomic mass is 16.5. The summed E-state index contributed by atoms with van der Waals surface area (Å²) in [5.41, 5.74) is 0.136. The first-order chi connectivity index (χ1) is 11.1. The van der Waals surface area contributed by atoms with Gasteiger partial charge in [-0.15, -0.1) is 0 Å². The summed E-state index contributed by atoms with van der Waals surface area (Å²) in [6.07, 6.45) is 4.90. The smallest absolute Gasteiger partial charge is 0.256 e. The molecule has 0 atom stereocenters. The van der Waals surface area contributed by atoms with Gasteiger partial charge in [-0.1, -0.05) is 33.1 Å². The highest BCUT2D eigenvalue weighted by Gasteiger charge is 2.40. The van der Waals surface area contributed by atoms with Crippen LogP contribution in [0.5, 0.6) is 5.75 Å². The Labute approximate surface area is 139 Å². The van der Waals surface area contributed by atoms with Gasteiger partial charge >= 0.3 is 0 Å². The van der Waals surface area contributed by atoms with Crippen molar-refractivity contribution in [1.29, 1.82) is 0 Å². The summed E-state index contributed by atoms with van der Waals surface area (Å²) < 4.78 is 11.5. The second kappa shape index (κ2) is 8.34. The largest absolute Gasteiger partial charge is 0.493 e. The number of anilines is 1. The molecule has 2 rings (SSSR count). The minimum atomic E-state index is -0.653. The van der Waals surface area contributed by atoms with Crippen LogP contribution >= 0.6 is 0 Å². The Hall–Kier alpha value is -1.55. The molecule has 1 aliphatic rings. The van der Waals surface area contributed by atoms with Crippen LogP contribution in [0.15, 0.2) is 24.3 Å². The van der Waals surface area contributed by atoms with Crippen LogP contribution in [0.1, 0.15) is 52.9 Å². The maximum Gasteiger partial charge on any atom is 0.256 e. The van der Waals surface area contributed by atoms with Gasteiger partial charge in [-0.05, 0) is 49.9 Å². The predicted molar refractivity (Wildman–Crippen MR) is 92.8 cm³/mol. The lowest BCUT2D eigenvalue weighted by Gasteiger charge is -2.35. The Kier molecular flexibility index (Phi) is 6.46. The van der Waals surface area contributed by atoms with E-state index in [4.69, 9.17) is 9.47 Å². The molecule has 0 aliphatic heterocycles. The van der Waals surface area contributed by atoms with Gasteiger partial charge in [0.05, 0.1) is 6.61 Å².